The van der Waals surface area contributed by atoms with Gasteiger partial charge in [-0.15, -0.1) is 0 Å². The molecule has 0 aliphatic heterocycles. The van der Waals surface area contributed by atoms with E-state index in [0.29, 0.717) is 6.07 Å². The van der Waals surface area contributed by atoms with Crippen LogP contribution in [0.4, 0.5) is 24.7 Å². The van der Waals surface area contributed by atoms with E-state index in [-0.39, 0.29) is 11.5 Å². The molecule has 5 nitrogen and oxygen atoms in total. The van der Waals surface area contributed by atoms with Crippen LogP contribution in [-0.4, -0.2) is 15.9 Å². The molecule has 3 N–H and O–H groups in total. The number of fused-ring (bicyclic) bond motifs is 1. The van der Waals surface area contributed by atoms with E-state index in [9.17, 15) is 27.9 Å². The maximum Gasteiger partial charge on any atom is 0.206 e. The van der Waals surface area contributed by atoms with Crippen LogP contribution in [0.25, 0.3) is 10.9 Å². The minimum Gasteiger partial charge on any atom is -0.506 e. The van der Waals surface area contributed by atoms with Crippen molar-refractivity contribution in [1.82, 2.24) is 4.98 Å². The summed E-state index contributed by atoms with van der Waals surface area (Å²) in [5.74, 6) is -4.49. The maximum absolute atomic E-state index is 14.2. The number of aromatic nitrogens is 1. The maximum atomic E-state index is 14.2. The first-order valence-electron chi connectivity index (χ1n) is 7.20. The first-order chi connectivity index (χ1) is 12.2. The van der Waals surface area contributed by atoms with Crippen molar-refractivity contribution < 1.29 is 23.1 Å². The topological polar surface area (TPSA) is 82.2 Å². The normalized spacial score (nSPS) is 11.0. The second kappa shape index (κ2) is 6.38. The lowest BCUT2D eigenvalue weighted by Crippen LogP contribution is -2.18. The van der Waals surface area contributed by atoms with Crippen LogP contribution in [0, 0.1) is 17.5 Å². The van der Waals surface area contributed by atoms with Crippen LogP contribution in [-0.2, 0) is 0 Å². The van der Waals surface area contributed by atoms with Gasteiger partial charge in [0.15, 0.2) is 5.78 Å². The second-order valence-corrected chi connectivity index (χ2v) is 5.86. The van der Waals surface area contributed by atoms with Crippen molar-refractivity contribution in [2.75, 3.05) is 5.32 Å². The number of aromatic hydroxyl groups is 1. The molecule has 3 rings (SSSR count). The van der Waals surface area contributed by atoms with E-state index < -0.39 is 55.9 Å². The predicted octanol–water partition coefficient (Wildman–Crippen LogP) is 4.25. The highest BCUT2D eigenvalue weighted by atomic mass is 35.5. The summed E-state index contributed by atoms with van der Waals surface area (Å²) in [6, 6.07) is 3.39. The fourth-order valence-corrected chi connectivity index (χ4v) is 2.72. The van der Waals surface area contributed by atoms with Gasteiger partial charge in [0.25, 0.3) is 0 Å². The van der Waals surface area contributed by atoms with Crippen molar-refractivity contribution in [2.24, 2.45) is 0 Å². The van der Waals surface area contributed by atoms with E-state index in [2.05, 4.69) is 10.3 Å². The Kier molecular flexibility index (Phi) is 4.37. The van der Waals surface area contributed by atoms with Gasteiger partial charge in [-0.3, -0.25) is 9.59 Å². The number of halogens is 4. The molecule has 0 amide bonds. The Balaban J connectivity index is 2.33. The van der Waals surface area contributed by atoms with Crippen LogP contribution in [0.5, 0.6) is 5.75 Å². The Bertz CT molecular complexity index is 1130. The molecule has 0 aliphatic rings. The number of Topliss-reactive ketones (excluding diaryl/α,β-unsaturated/α-hetero) is 1. The summed E-state index contributed by atoms with van der Waals surface area (Å²) in [4.78, 5) is 27.0. The fourth-order valence-electron chi connectivity index (χ4n) is 2.53. The van der Waals surface area contributed by atoms with Crippen LogP contribution in [0.15, 0.2) is 29.1 Å². The third kappa shape index (κ3) is 2.88. The standard InChI is InChI=1S/C17H10ClF3N2O3/c1-6(24)12-16(26)13-14(10(21)5-8(18)15(13)25)23-17(12)22-11-3-2-7(19)4-9(11)20/h2-5,25H,1H3,(H2,22,23,26). The molecule has 3 aromatic rings. The number of H-pyrrole nitrogens is 1. The van der Waals surface area contributed by atoms with Gasteiger partial charge in [0.05, 0.1) is 21.6 Å². The number of pyridine rings is 1. The lowest BCUT2D eigenvalue weighted by Gasteiger charge is -2.14. The Morgan fingerprint density at radius 2 is 1.88 bits per heavy atom. The second-order valence-electron chi connectivity index (χ2n) is 5.45. The Morgan fingerprint density at radius 3 is 2.50 bits per heavy atom. The number of phenols is 1. The quantitative estimate of drug-likeness (QED) is 0.591. The van der Waals surface area contributed by atoms with Crippen LogP contribution in [0.3, 0.4) is 0 Å². The number of ketones is 1. The first kappa shape index (κ1) is 17.8. The average molecular weight is 383 g/mol. The Labute approximate surface area is 149 Å². The molecular formula is C17H10ClF3N2O3. The molecule has 0 aliphatic carbocycles. The number of benzene rings is 2. The first-order valence-corrected chi connectivity index (χ1v) is 7.58. The van der Waals surface area contributed by atoms with Gasteiger partial charge >= 0.3 is 0 Å². The molecule has 9 heteroatoms. The molecule has 0 fully saturated rings. The van der Waals surface area contributed by atoms with Gasteiger partial charge < -0.3 is 15.4 Å². The van der Waals surface area contributed by atoms with E-state index in [4.69, 9.17) is 11.6 Å². The average Bonchev–Trinajstić information content (AvgIpc) is 2.54. The fraction of sp³-hybridized carbons (Fsp3) is 0.0588. The molecule has 0 saturated carbocycles. The molecule has 2 aromatic carbocycles. The summed E-state index contributed by atoms with van der Waals surface area (Å²) >= 11 is 5.67. The van der Waals surface area contributed by atoms with E-state index in [1.165, 1.54) is 0 Å². The van der Waals surface area contributed by atoms with Crippen LogP contribution >= 0.6 is 11.6 Å². The predicted molar refractivity (Wildman–Crippen MR) is 90.8 cm³/mol. The van der Waals surface area contributed by atoms with Gasteiger partial charge in [0.1, 0.15) is 34.6 Å². The molecule has 0 atom stereocenters. The SMILES string of the molecule is CC(=O)c1c(Nc2ccc(F)cc2F)[nH]c2c(F)cc(Cl)c(O)c2c1=O. The summed E-state index contributed by atoms with van der Waals surface area (Å²) in [7, 11) is 0. The van der Waals surface area contributed by atoms with Gasteiger partial charge in [-0.2, -0.15) is 0 Å². The Morgan fingerprint density at radius 1 is 1.19 bits per heavy atom. The molecule has 26 heavy (non-hydrogen) atoms. The van der Waals surface area contributed by atoms with Crippen LogP contribution in [0.1, 0.15) is 17.3 Å². The molecule has 0 unspecified atom stereocenters. The van der Waals surface area contributed by atoms with E-state index in [0.717, 1.165) is 25.1 Å². The summed E-state index contributed by atoms with van der Waals surface area (Å²) in [6.45, 7) is 1.07. The zero-order valence-corrected chi connectivity index (χ0v) is 13.8. The lowest BCUT2D eigenvalue weighted by atomic mass is 10.1. The number of hydrogen-bond donors (Lipinski definition) is 3. The van der Waals surface area contributed by atoms with Crippen molar-refractivity contribution >= 4 is 39.8 Å². The summed E-state index contributed by atoms with van der Waals surface area (Å²) < 4.78 is 41.1. The minimum atomic E-state index is -0.991. The Hall–Kier alpha value is -3.00. The van der Waals surface area contributed by atoms with Crippen molar-refractivity contribution in [1.29, 1.82) is 0 Å². The van der Waals surface area contributed by atoms with Gasteiger partial charge in [0, 0.05) is 6.07 Å². The smallest absolute Gasteiger partial charge is 0.206 e. The zero-order chi connectivity index (χ0) is 19.2. The number of carbonyl (C=O) groups excluding carboxylic acids is 1. The third-order valence-corrected chi connectivity index (χ3v) is 3.99. The van der Waals surface area contributed by atoms with Crippen LogP contribution < -0.4 is 10.7 Å². The number of aromatic amines is 1. The van der Waals surface area contributed by atoms with Gasteiger partial charge in [-0.25, -0.2) is 13.2 Å². The van der Waals surface area contributed by atoms with Crippen molar-refractivity contribution in [2.45, 2.75) is 6.92 Å². The highest BCUT2D eigenvalue weighted by Gasteiger charge is 2.22. The number of nitrogens with one attached hydrogen (secondary N) is 2. The third-order valence-electron chi connectivity index (χ3n) is 3.70. The summed E-state index contributed by atoms with van der Waals surface area (Å²) in [5, 5.41) is 11.5. The highest BCUT2D eigenvalue weighted by molar-refractivity contribution is 6.33. The summed E-state index contributed by atoms with van der Waals surface area (Å²) in [6.07, 6.45) is 0. The number of carbonyl (C=O) groups is 1. The van der Waals surface area contributed by atoms with Crippen LogP contribution in [0.2, 0.25) is 5.02 Å². The molecular weight excluding hydrogens is 373 g/mol. The van der Waals surface area contributed by atoms with Gasteiger partial charge in [-0.05, 0) is 25.1 Å². The molecule has 0 saturated heterocycles. The molecule has 1 heterocycles. The molecule has 134 valence electrons. The van der Waals surface area contributed by atoms with Crippen molar-refractivity contribution in [3.63, 3.8) is 0 Å². The molecule has 0 bridgehead atoms. The highest BCUT2D eigenvalue weighted by Crippen LogP contribution is 2.33. The molecule has 0 spiro atoms. The molecule has 0 radical (unpaired) electrons. The van der Waals surface area contributed by atoms with Crippen molar-refractivity contribution in [3.05, 3.63) is 62.5 Å². The largest absolute Gasteiger partial charge is 0.506 e. The number of anilines is 2. The monoisotopic (exact) mass is 382 g/mol. The number of hydrogen-bond acceptors (Lipinski definition) is 4. The van der Waals surface area contributed by atoms with E-state index in [1.54, 1.807) is 0 Å². The lowest BCUT2D eigenvalue weighted by molar-refractivity contribution is 0.101. The van der Waals surface area contributed by atoms with Crippen molar-refractivity contribution in [3.8, 4) is 5.75 Å². The number of rotatable bonds is 3. The minimum absolute atomic E-state index is 0.248. The van der Waals surface area contributed by atoms with Gasteiger partial charge in [-0.1, -0.05) is 11.6 Å². The van der Waals surface area contributed by atoms with E-state index in [1.807, 2.05) is 0 Å². The van der Waals surface area contributed by atoms with E-state index >= 15 is 0 Å². The van der Waals surface area contributed by atoms with Gasteiger partial charge in [0.2, 0.25) is 5.43 Å². The number of phenolic OH excluding ortho intramolecular Hbond substituents is 1. The summed E-state index contributed by atoms with van der Waals surface area (Å²) in [5.41, 5.74) is -2.14. The molecule has 1 aromatic heterocycles. The zero-order valence-electron chi connectivity index (χ0n) is 13.1.